The zero-order valence-electron chi connectivity index (χ0n) is 18.3. The molecule has 0 spiro atoms. The summed E-state index contributed by atoms with van der Waals surface area (Å²) in [5, 5.41) is 11.4. The Bertz CT molecular complexity index is 1260. The second-order valence-corrected chi connectivity index (χ2v) is 7.51. The van der Waals surface area contributed by atoms with Crippen LogP contribution in [0.15, 0.2) is 72.3 Å². The first-order valence-corrected chi connectivity index (χ1v) is 10.2. The largest absolute Gasteiger partial charge is 0.506 e. The summed E-state index contributed by atoms with van der Waals surface area (Å²) in [5.41, 5.74) is 1.09. The Hall–Kier alpha value is -4.13. The van der Waals surface area contributed by atoms with Crippen molar-refractivity contribution in [2.75, 3.05) is 19.1 Å². The molecule has 4 rings (SSSR count). The number of aliphatic hydroxyl groups excluding tert-OH is 1. The number of aliphatic hydroxyl groups is 1. The lowest BCUT2D eigenvalue weighted by atomic mass is 9.94. The molecule has 0 aromatic heterocycles. The third-order valence-corrected chi connectivity index (χ3v) is 5.68. The number of halogens is 1. The number of nitrogens with zero attached hydrogens (tertiary/aromatic N) is 1. The highest BCUT2D eigenvalue weighted by molar-refractivity contribution is 6.51. The lowest BCUT2D eigenvalue weighted by Crippen LogP contribution is -2.30. The Morgan fingerprint density at radius 3 is 2.12 bits per heavy atom. The number of Topliss-reactive ketones (excluding diaryl/α,β-unsaturated/α-hetero) is 1. The van der Waals surface area contributed by atoms with Crippen molar-refractivity contribution in [2.45, 2.75) is 13.0 Å². The van der Waals surface area contributed by atoms with Crippen molar-refractivity contribution in [1.82, 2.24) is 0 Å². The van der Waals surface area contributed by atoms with Gasteiger partial charge < -0.3 is 14.6 Å². The average Bonchev–Trinajstić information content (AvgIpc) is 3.08. The SMILES string of the molecule is COc1cccc(OC)c1/C(O)=C1\C(=O)C(=O)N(c2ccccc2C)C1c1ccccc1F. The van der Waals surface area contributed by atoms with E-state index in [1.165, 1.54) is 37.3 Å². The molecule has 0 saturated carbocycles. The standard InChI is InChI=1S/C26H22FNO5/c1-15-9-4-7-12-18(15)28-23(16-10-5-6-11-17(16)27)22(25(30)26(28)31)24(29)21-19(32-2)13-8-14-20(21)33-3/h4-14,23,29H,1-3H3/b24-22+. The van der Waals surface area contributed by atoms with Gasteiger partial charge in [0.05, 0.1) is 25.8 Å². The van der Waals surface area contributed by atoms with Crippen molar-refractivity contribution in [1.29, 1.82) is 0 Å². The first-order valence-electron chi connectivity index (χ1n) is 10.2. The second kappa shape index (κ2) is 8.78. The molecule has 6 nitrogen and oxygen atoms in total. The van der Waals surface area contributed by atoms with Crippen LogP contribution in [0.1, 0.15) is 22.7 Å². The van der Waals surface area contributed by atoms with Crippen LogP contribution in [0.3, 0.4) is 0 Å². The summed E-state index contributed by atoms with van der Waals surface area (Å²) >= 11 is 0. The number of amides is 1. The topological polar surface area (TPSA) is 76.1 Å². The van der Waals surface area contributed by atoms with Crippen LogP contribution in [0.2, 0.25) is 0 Å². The lowest BCUT2D eigenvalue weighted by Gasteiger charge is -2.27. The van der Waals surface area contributed by atoms with Gasteiger partial charge in [-0.2, -0.15) is 0 Å². The van der Waals surface area contributed by atoms with Gasteiger partial charge >= 0.3 is 0 Å². The van der Waals surface area contributed by atoms with Crippen LogP contribution in [-0.2, 0) is 9.59 Å². The van der Waals surface area contributed by atoms with Crippen LogP contribution in [0, 0.1) is 12.7 Å². The first kappa shape index (κ1) is 22.1. The van der Waals surface area contributed by atoms with E-state index in [1.54, 1.807) is 55.5 Å². The summed E-state index contributed by atoms with van der Waals surface area (Å²) in [6, 6.07) is 16.5. The van der Waals surface area contributed by atoms with Crippen molar-refractivity contribution < 1.29 is 28.6 Å². The Morgan fingerprint density at radius 1 is 0.909 bits per heavy atom. The number of rotatable bonds is 5. The van der Waals surface area contributed by atoms with Gasteiger partial charge in [-0.25, -0.2) is 4.39 Å². The number of hydrogen-bond donors (Lipinski definition) is 1. The molecular weight excluding hydrogens is 425 g/mol. The third-order valence-electron chi connectivity index (χ3n) is 5.68. The van der Waals surface area contributed by atoms with E-state index in [1.807, 2.05) is 0 Å². The van der Waals surface area contributed by atoms with E-state index in [9.17, 15) is 14.7 Å². The van der Waals surface area contributed by atoms with Gasteiger partial charge in [-0.3, -0.25) is 14.5 Å². The van der Waals surface area contributed by atoms with E-state index >= 15 is 4.39 Å². The number of carbonyl (C=O) groups excluding carboxylic acids is 2. The Morgan fingerprint density at radius 2 is 1.52 bits per heavy atom. The molecule has 1 unspecified atom stereocenters. The molecule has 0 aliphatic carbocycles. The van der Waals surface area contributed by atoms with E-state index in [2.05, 4.69) is 0 Å². The summed E-state index contributed by atoms with van der Waals surface area (Å²) in [6.45, 7) is 1.79. The van der Waals surface area contributed by atoms with Gasteiger partial charge in [-0.1, -0.05) is 42.5 Å². The van der Waals surface area contributed by atoms with Crippen LogP contribution in [0.25, 0.3) is 5.76 Å². The molecule has 1 amide bonds. The van der Waals surface area contributed by atoms with Crippen LogP contribution in [0.4, 0.5) is 10.1 Å². The lowest BCUT2D eigenvalue weighted by molar-refractivity contribution is -0.132. The number of aryl methyl sites for hydroxylation is 1. The predicted octanol–water partition coefficient (Wildman–Crippen LogP) is 4.78. The van der Waals surface area contributed by atoms with Gasteiger partial charge in [0.25, 0.3) is 11.7 Å². The molecule has 3 aromatic rings. The predicted molar refractivity (Wildman–Crippen MR) is 122 cm³/mol. The normalized spacial score (nSPS) is 17.3. The second-order valence-electron chi connectivity index (χ2n) is 7.51. The fourth-order valence-electron chi connectivity index (χ4n) is 4.13. The average molecular weight is 447 g/mol. The minimum Gasteiger partial charge on any atom is -0.506 e. The van der Waals surface area contributed by atoms with Gasteiger partial charge in [0.1, 0.15) is 28.6 Å². The van der Waals surface area contributed by atoms with Crippen molar-refractivity contribution in [3.05, 3.63) is 94.8 Å². The highest BCUT2D eigenvalue weighted by Gasteiger charge is 2.48. The van der Waals surface area contributed by atoms with Crippen molar-refractivity contribution >= 4 is 23.1 Å². The molecule has 1 aliphatic heterocycles. The number of para-hydroxylation sites is 1. The summed E-state index contributed by atoms with van der Waals surface area (Å²) in [5.74, 6) is -2.44. The highest BCUT2D eigenvalue weighted by Crippen LogP contribution is 2.46. The number of benzene rings is 3. The highest BCUT2D eigenvalue weighted by atomic mass is 19.1. The van der Waals surface area contributed by atoms with E-state index in [0.717, 1.165) is 5.56 Å². The Labute approximate surface area is 190 Å². The summed E-state index contributed by atoms with van der Waals surface area (Å²) in [7, 11) is 2.82. The molecule has 1 saturated heterocycles. The smallest absolute Gasteiger partial charge is 0.300 e. The molecule has 1 N–H and O–H groups in total. The van der Waals surface area contributed by atoms with Gasteiger partial charge in [0.15, 0.2) is 0 Å². The van der Waals surface area contributed by atoms with Gasteiger partial charge in [0.2, 0.25) is 0 Å². The number of ether oxygens (including phenoxy) is 2. The summed E-state index contributed by atoms with van der Waals surface area (Å²) in [4.78, 5) is 27.8. The van der Waals surface area contributed by atoms with Gasteiger partial charge in [-0.05, 0) is 36.8 Å². The van der Waals surface area contributed by atoms with E-state index in [0.29, 0.717) is 5.69 Å². The van der Waals surface area contributed by atoms with Crippen molar-refractivity contribution in [2.24, 2.45) is 0 Å². The third kappa shape index (κ3) is 3.61. The quantitative estimate of drug-likeness (QED) is 0.346. The zero-order chi connectivity index (χ0) is 23.7. The fourth-order valence-corrected chi connectivity index (χ4v) is 4.13. The molecule has 3 aromatic carbocycles. The fraction of sp³-hybridized carbons (Fsp3) is 0.154. The molecule has 1 aliphatic rings. The molecule has 7 heteroatoms. The minimum atomic E-state index is -1.19. The Balaban J connectivity index is 2.06. The maximum absolute atomic E-state index is 15.0. The molecule has 0 radical (unpaired) electrons. The monoisotopic (exact) mass is 447 g/mol. The summed E-state index contributed by atoms with van der Waals surface area (Å²) < 4.78 is 25.7. The van der Waals surface area contributed by atoms with Crippen LogP contribution < -0.4 is 14.4 Å². The van der Waals surface area contributed by atoms with Gasteiger partial charge in [0, 0.05) is 11.3 Å². The first-order chi connectivity index (χ1) is 15.9. The van der Waals surface area contributed by atoms with Crippen LogP contribution >= 0.6 is 0 Å². The van der Waals surface area contributed by atoms with Crippen LogP contribution in [-0.4, -0.2) is 31.0 Å². The van der Waals surface area contributed by atoms with E-state index in [-0.39, 0.29) is 28.2 Å². The van der Waals surface area contributed by atoms with Crippen molar-refractivity contribution in [3.8, 4) is 11.5 Å². The molecule has 1 fully saturated rings. The van der Waals surface area contributed by atoms with Crippen LogP contribution in [0.5, 0.6) is 11.5 Å². The number of anilines is 1. The molecule has 33 heavy (non-hydrogen) atoms. The summed E-state index contributed by atoms with van der Waals surface area (Å²) in [6.07, 6.45) is 0. The minimum absolute atomic E-state index is 0.0790. The van der Waals surface area contributed by atoms with Gasteiger partial charge in [-0.15, -0.1) is 0 Å². The molecule has 168 valence electrons. The maximum Gasteiger partial charge on any atom is 0.300 e. The molecule has 0 bridgehead atoms. The molecule has 1 heterocycles. The van der Waals surface area contributed by atoms with Crippen molar-refractivity contribution in [3.63, 3.8) is 0 Å². The number of ketones is 1. The Kier molecular flexibility index (Phi) is 5.87. The number of methoxy groups -OCH3 is 2. The number of hydrogen-bond acceptors (Lipinski definition) is 5. The molecule has 1 atom stereocenters. The zero-order valence-corrected chi connectivity index (χ0v) is 18.3. The maximum atomic E-state index is 15.0. The number of carbonyl (C=O) groups is 2. The van der Waals surface area contributed by atoms with E-state index < -0.39 is 29.3 Å². The van der Waals surface area contributed by atoms with E-state index in [4.69, 9.17) is 9.47 Å². The molecular formula is C26H22FNO5.